The fourth-order valence-corrected chi connectivity index (χ4v) is 1.73. The van der Waals surface area contributed by atoms with Crippen molar-refractivity contribution in [3.8, 4) is 23.0 Å². The van der Waals surface area contributed by atoms with Gasteiger partial charge in [0.15, 0.2) is 5.82 Å². The molecule has 92 valence electrons. The summed E-state index contributed by atoms with van der Waals surface area (Å²) < 4.78 is 5.69. The first-order valence-electron chi connectivity index (χ1n) is 6.03. The largest absolute Gasteiger partial charge is 0.439 e. The van der Waals surface area contributed by atoms with Crippen molar-refractivity contribution in [1.29, 1.82) is 0 Å². The molecule has 0 saturated carbocycles. The first kappa shape index (κ1) is 11.4. The lowest BCUT2D eigenvalue weighted by molar-refractivity contribution is 0.462. The third-order valence-electron chi connectivity index (χ3n) is 2.63. The number of rotatable bonds is 3. The van der Waals surface area contributed by atoms with E-state index in [4.69, 9.17) is 4.74 Å². The van der Waals surface area contributed by atoms with Gasteiger partial charge in [0.25, 0.3) is 0 Å². The molecule has 3 nitrogen and oxygen atoms in total. The third kappa shape index (κ3) is 2.77. The smallest absolute Gasteiger partial charge is 0.222 e. The van der Waals surface area contributed by atoms with E-state index in [0.717, 1.165) is 11.3 Å². The molecule has 0 atom stereocenters. The number of nitrogens with zero attached hydrogens (tertiary/aromatic N) is 2. The van der Waals surface area contributed by atoms with Crippen molar-refractivity contribution in [2.24, 2.45) is 0 Å². The molecule has 3 rings (SSSR count). The zero-order valence-electron chi connectivity index (χ0n) is 10.2. The summed E-state index contributed by atoms with van der Waals surface area (Å²) in [5.41, 5.74) is 0.973. The standard InChI is InChI=1S/C16H12N2O/c1-3-7-13(8-4-1)16-17-12-11-15(18-16)19-14-9-5-2-6-10-14/h1-12H. The summed E-state index contributed by atoms with van der Waals surface area (Å²) in [7, 11) is 0. The molecule has 0 N–H and O–H groups in total. The highest BCUT2D eigenvalue weighted by Gasteiger charge is 2.03. The summed E-state index contributed by atoms with van der Waals surface area (Å²) in [6, 6.07) is 21.2. The molecule has 0 radical (unpaired) electrons. The highest BCUT2D eigenvalue weighted by atomic mass is 16.5. The second kappa shape index (κ2) is 5.31. The Morgan fingerprint density at radius 3 is 2.16 bits per heavy atom. The maximum Gasteiger partial charge on any atom is 0.222 e. The molecule has 0 saturated heterocycles. The van der Waals surface area contributed by atoms with E-state index < -0.39 is 0 Å². The summed E-state index contributed by atoms with van der Waals surface area (Å²) in [4.78, 5) is 8.67. The van der Waals surface area contributed by atoms with E-state index in [1.54, 1.807) is 12.3 Å². The third-order valence-corrected chi connectivity index (χ3v) is 2.63. The molecule has 2 aromatic carbocycles. The number of hydrogen-bond acceptors (Lipinski definition) is 3. The topological polar surface area (TPSA) is 35.0 Å². The molecule has 0 aliphatic heterocycles. The molecule has 0 amide bonds. The van der Waals surface area contributed by atoms with Crippen LogP contribution in [0.1, 0.15) is 0 Å². The normalized spacial score (nSPS) is 10.1. The molecule has 0 unspecified atom stereocenters. The Labute approximate surface area is 111 Å². The van der Waals surface area contributed by atoms with Crippen LogP contribution in [0.3, 0.4) is 0 Å². The van der Waals surface area contributed by atoms with Gasteiger partial charge < -0.3 is 4.74 Å². The molecule has 0 bridgehead atoms. The molecular formula is C16H12N2O. The van der Waals surface area contributed by atoms with Crippen LogP contribution < -0.4 is 4.74 Å². The van der Waals surface area contributed by atoms with Gasteiger partial charge in [-0.1, -0.05) is 48.5 Å². The Kier molecular flexibility index (Phi) is 3.19. The molecule has 0 aliphatic rings. The van der Waals surface area contributed by atoms with Crippen molar-refractivity contribution in [2.75, 3.05) is 0 Å². The average Bonchev–Trinajstić information content (AvgIpc) is 2.49. The van der Waals surface area contributed by atoms with Crippen LogP contribution >= 0.6 is 0 Å². The molecule has 0 fully saturated rings. The summed E-state index contributed by atoms with van der Waals surface area (Å²) >= 11 is 0. The fraction of sp³-hybridized carbons (Fsp3) is 0. The summed E-state index contributed by atoms with van der Waals surface area (Å²) in [5, 5.41) is 0. The van der Waals surface area contributed by atoms with Crippen molar-refractivity contribution < 1.29 is 4.74 Å². The highest BCUT2D eigenvalue weighted by Crippen LogP contribution is 2.21. The van der Waals surface area contributed by atoms with Gasteiger partial charge in [-0.25, -0.2) is 4.98 Å². The summed E-state index contributed by atoms with van der Waals surface area (Å²) in [6.07, 6.45) is 1.70. The first-order valence-corrected chi connectivity index (χ1v) is 6.03. The van der Waals surface area contributed by atoms with Gasteiger partial charge in [-0.2, -0.15) is 4.98 Å². The van der Waals surface area contributed by atoms with E-state index in [-0.39, 0.29) is 0 Å². The van der Waals surface area contributed by atoms with Crippen molar-refractivity contribution in [3.05, 3.63) is 72.9 Å². The van der Waals surface area contributed by atoms with Crippen LogP contribution in [-0.2, 0) is 0 Å². The van der Waals surface area contributed by atoms with Crippen LogP contribution in [0.15, 0.2) is 72.9 Å². The van der Waals surface area contributed by atoms with Gasteiger partial charge in [0.2, 0.25) is 5.88 Å². The molecule has 0 aliphatic carbocycles. The SMILES string of the molecule is c1ccc(Oc2ccnc(-c3ccccc3)n2)cc1. The van der Waals surface area contributed by atoms with Gasteiger partial charge in [0.05, 0.1) is 0 Å². The zero-order valence-corrected chi connectivity index (χ0v) is 10.2. The second-order valence-electron chi connectivity index (χ2n) is 4.00. The monoisotopic (exact) mass is 248 g/mol. The average molecular weight is 248 g/mol. The van der Waals surface area contributed by atoms with E-state index in [1.807, 2.05) is 60.7 Å². The minimum absolute atomic E-state index is 0.542. The van der Waals surface area contributed by atoms with Crippen molar-refractivity contribution in [1.82, 2.24) is 9.97 Å². The van der Waals surface area contributed by atoms with E-state index >= 15 is 0 Å². The molecule has 1 aromatic heterocycles. The van der Waals surface area contributed by atoms with Gasteiger partial charge in [-0.3, -0.25) is 0 Å². The lowest BCUT2D eigenvalue weighted by atomic mass is 10.2. The maximum atomic E-state index is 5.69. The minimum atomic E-state index is 0.542. The number of aromatic nitrogens is 2. The van der Waals surface area contributed by atoms with Gasteiger partial charge in [-0.05, 0) is 12.1 Å². The quantitative estimate of drug-likeness (QED) is 0.704. The van der Waals surface area contributed by atoms with Gasteiger partial charge in [0, 0.05) is 17.8 Å². The van der Waals surface area contributed by atoms with Gasteiger partial charge >= 0.3 is 0 Å². The Morgan fingerprint density at radius 2 is 1.42 bits per heavy atom. The number of ether oxygens (including phenoxy) is 1. The van der Waals surface area contributed by atoms with Crippen LogP contribution in [0, 0.1) is 0 Å². The van der Waals surface area contributed by atoms with Gasteiger partial charge in [-0.15, -0.1) is 0 Å². The Hall–Kier alpha value is -2.68. The highest BCUT2D eigenvalue weighted by molar-refractivity contribution is 5.54. The van der Waals surface area contributed by atoms with Crippen LogP contribution in [0.4, 0.5) is 0 Å². The predicted molar refractivity (Wildman–Crippen MR) is 74.0 cm³/mol. The van der Waals surface area contributed by atoms with Crippen LogP contribution in [0.2, 0.25) is 0 Å². The van der Waals surface area contributed by atoms with E-state index in [9.17, 15) is 0 Å². The molecule has 3 aromatic rings. The molecule has 0 spiro atoms. The maximum absolute atomic E-state index is 5.69. The lowest BCUT2D eigenvalue weighted by Crippen LogP contribution is -1.92. The fourth-order valence-electron chi connectivity index (χ4n) is 1.73. The Bertz CT molecular complexity index is 654. The van der Waals surface area contributed by atoms with Crippen molar-refractivity contribution in [2.45, 2.75) is 0 Å². The van der Waals surface area contributed by atoms with E-state index in [1.165, 1.54) is 0 Å². The van der Waals surface area contributed by atoms with Gasteiger partial charge in [0.1, 0.15) is 5.75 Å². The minimum Gasteiger partial charge on any atom is -0.439 e. The Morgan fingerprint density at radius 1 is 0.737 bits per heavy atom. The zero-order chi connectivity index (χ0) is 12.9. The number of benzene rings is 2. The molecule has 3 heteroatoms. The molecule has 1 heterocycles. The van der Waals surface area contributed by atoms with E-state index in [2.05, 4.69) is 9.97 Å². The summed E-state index contributed by atoms with van der Waals surface area (Å²) in [6.45, 7) is 0. The Balaban J connectivity index is 1.89. The second-order valence-corrected chi connectivity index (χ2v) is 4.00. The number of para-hydroxylation sites is 1. The molecule has 19 heavy (non-hydrogen) atoms. The predicted octanol–water partition coefficient (Wildman–Crippen LogP) is 3.94. The first-order chi connectivity index (χ1) is 9.42. The van der Waals surface area contributed by atoms with Crippen molar-refractivity contribution in [3.63, 3.8) is 0 Å². The van der Waals surface area contributed by atoms with E-state index in [0.29, 0.717) is 11.7 Å². The van der Waals surface area contributed by atoms with Crippen molar-refractivity contribution >= 4 is 0 Å². The number of hydrogen-bond donors (Lipinski definition) is 0. The lowest BCUT2D eigenvalue weighted by Gasteiger charge is -2.05. The van der Waals surface area contributed by atoms with Crippen LogP contribution in [0.25, 0.3) is 11.4 Å². The van der Waals surface area contributed by atoms with Crippen LogP contribution in [-0.4, -0.2) is 9.97 Å². The summed E-state index contributed by atoms with van der Waals surface area (Å²) in [5.74, 6) is 1.97. The molecular weight excluding hydrogens is 236 g/mol. The van der Waals surface area contributed by atoms with Crippen LogP contribution in [0.5, 0.6) is 11.6 Å².